The molecule has 0 amide bonds. The van der Waals surface area contributed by atoms with Crippen LogP contribution in [0.15, 0.2) is 66.7 Å². The Morgan fingerprint density at radius 2 is 1.17 bits per heavy atom. The van der Waals surface area contributed by atoms with Crippen molar-refractivity contribution in [3.8, 4) is 29.4 Å². The molecule has 152 valence electrons. The van der Waals surface area contributed by atoms with Crippen LogP contribution in [-0.4, -0.2) is 7.11 Å². The molecule has 1 nitrogen and oxygen atoms in total. The van der Waals surface area contributed by atoms with Gasteiger partial charge in [-0.1, -0.05) is 69.1 Å². The maximum Gasteiger partial charge on any atom is 0.118 e. The van der Waals surface area contributed by atoms with Crippen LogP contribution in [0.4, 0.5) is 0 Å². The van der Waals surface area contributed by atoms with Gasteiger partial charge in [0.1, 0.15) is 5.75 Å². The molecule has 0 bridgehead atoms. The predicted molar refractivity (Wildman–Crippen MR) is 128 cm³/mol. The number of rotatable bonds is 2. The maximum atomic E-state index is 5.20. The van der Waals surface area contributed by atoms with E-state index in [4.69, 9.17) is 4.74 Å². The first-order valence-electron chi connectivity index (χ1n) is 10.4. The van der Waals surface area contributed by atoms with Crippen molar-refractivity contribution < 1.29 is 4.74 Å². The van der Waals surface area contributed by atoms with Gasteiger partial charge in [0, 0.05) is 22.3 Å². The highest BCUT2D eigenvalue weighted by Gasteiger charge is 2.06. The predicted octanol–water partition coefficient (Wildman–Crippen LogP) is 6.95. The van der Waals surface area contributed by atoms with Gasteiger partial charge in [-0.25, -0.2) is 0 Å². The lowest BCUT2D eigenvalue weighted by atomic mass is 9.95. The summed E-state index contributed by atoms with van der Waals surface area (Å²) < 4.78 is 5.20. The maximum absolute atomic E-state index is 5.20. The summed E-state index contributed by atoms with van der Waals surface area (Å²) in [6.07, 6.45) is 0. The highest BCUT2D eigenvalue weighted by atomic mass is 16.5. The van der Waals surface area contributed by atoms with Gasteiger partial charge in [0.2, 0.25) is 0 Å². The van der Waals surface area contributed by atoms with Gasteiger partial charge in [0.15, 0.2) is 0 Å². The van der Waals surface area contributed by atoms with Crippen LogP contribution in [0.2, 0.25) is 0 Å². The van der Waals surface area contributed by atoms with Crippen LogP contribution < -0.4 is 4.74 Å². The van der Waals surface area contributed by atoms with Crippen LogP contribution in [0, 0.1) is 30.6 Å². The van der Waals surface area contributed by atoms with Crippen LogP contribution in [-0.2, 0) is 0 Å². The molecular formula is C29H30O. The molecule has 0 spiro atoms. The van der Waals surface area contributed by atoms with Crippen molar-refractivity contribution >= 4 is 0 Å². The molecule has 1 heteroatoms. The van der Waals surface area contributed by atoms with Gasteiger partial charge >= 0.3 is 0 Å². The van der Waals surface area contributed by atoms with E-state index in [1.165, 1.54) is 11.1 Å². The Morgan fingerprint density at radius 1 is 0.667 bits per heavy atom. The number of hydrogen-bond donors (Lipinski definition) is 0. The quantitative estimate of drug-likeness (QED) is 0.427. The van der Waals surface area contributed by atoms with Crippen molar-refractivity contribution in [1.82, 2.24) is 0 Å². The van der Waals surface area contributed by atoms with Crippen molar-refractivity contribution in [1.29, 1.82) is 0 Å². The Kier molecular flexibility index (Phi) is 8.80. The van der Waals surface area contributed by atoms with Gasteiger partial charge in [-0.15, -0.1) is 0 Å². The van der Waals surface area contributed by atoms with Crippen LogP contribution in [0.5, 0.6) is 5.75 Å². The van der Waals surface area contributed by atoms with Crippen molar-refractivity contribution in [3.05, 3.63) is 100 Å². The topological polar surface area (TPSA) is 9.23 Å². The molecule has 3 aromatic carbocycles. The normalized spacial score (nSPS) is 9.43. The lowest BCUT2D eigenvalue weighted by Crippen LogP contribution is -1.94. The zero-order valence-electron chi connectivity index (χ0n) is 18.8. The largest absolute Gasteiger partial charge is 0.497 e. The van der Waals surface area contributed by atoms with Crippen molar-refractivity contribution in [2.24, 2.45) is 0 Å². The van der Waals surface area contributed by atoms with Gasteiger partial charge < -0.3 is 4.74 Å². The van der Waals surface area contributed by atoms with Crippen LogP contribution >= 0.6 is 0 Å². The molecule has 30 heavy (non-hydrogen) atoms. The van der Waals surface area contributed by atoms with E-state index in [-0.39, 0.29) is 0 Å². The van der Waals surface area contributed by atoms with Gasteiger partial charge in [0.25, 0.3) is 0 Å². The fourth-order valence-electron chi connectivity index (χ4n) is 2.83. The van der Waals surface area contributed by atoms with E-state index >= 15 is 0 Å². The molecule has 0 unspecified atom stereocenters. The summed E-state index contributed by atoms with van der Waals surface area (Å²) in [5.74, 6) is 14.3. The molecule has 0 radical (unpaired) electrons. The second-order valence-corrected chi connectivity index (χ2v) is 7.05. The third-order valence-corrected chi connectivity index (χ3v) is 4.51. The molecule has 0 aromatic heterocycles. The lowest BCUT2D eigenvalue weighted by Gasteiger charge is -2.09. The Hall–Kier alpha value is -3.42. The standard InChI is InChI=1S/C27H24O.C2H6/c1-20(2)27-19-24(10-9-22-7-5-21(3)6-8-22)12-16-25(27)15-11-23-13-17-26(28-4)18-14-23;1-2/h5-8,12-14,16-20H,1-4H3;1-2H3. The molecule has 0 aliphatic rings. The average Bonchev–Trinajstić information content (AvgIpc) is 2.79. The van der Waals surface area contributed by atoms with Gasteiger partial charge in [-0.3, -0.25) is 0 Å². The van der Waals surface area contributed by atoms with Gasteiger partial charge in [-0.05, 0) is 73.0 Å². The summed E-state index contributed by atoms with van der Waals surface area (Å²) in [6.45, 7) is 10.5. The smallest absolute Gasteiger partial charge is 0.118 e. The molecule has 0 heterocycles. The minimum absolute atomic E-state index is 0.376. The van der Waals surface area contributed by atoms with Crippen molar-refractivity contribution in [3.63, 3.8) is 0 Å². The summed E-state index contributed by atoms with van der Waals surface area (Å²) in [4.78, 5) is 0. The SMILES string of the molecule is CC.COc1ccc(C#Cc2ccc(C#Cc3ccc(C)cc3)cc2C(C)C)cc1. The van der Waals surface area contributed by atoms with E-state index in [0.717, 1.165) is 28.0 Å². The minimum atomic E-state index is 0.376. The Bertz CT molecular complexity index is 1060. The molecule has 3 aromatic rings. The Labute approximate surface area is 182 Å². The Morgan fingerprint density at radius 3 is 1.73 bits per heavy atom. The average molecular weight is 395 g/mol. The van der Waals surface area contributed by atoms with E-state index in [0.29, 0.717) is 5.92 Å². The summed E-state index contributed by atoms with van der Waals surface area (Å²) in [6, 6.07) is 22.4. The highest BCUT2D eigenvalue weighted by molar-refractivity contribution is 5.53. The zero-order valence-corrected chi connectivity index (χ0v) is 18.8. The number of benzene rings is 3. The molecule has 0 aliphatic carbocycles. The highest BCUT2D eigenvalue weighted by Crippen LogP contribution is 2.21. The first-order valence-corrected chi connectivity index (χ1v) is 10.4. The molecule has 3 rings (SSSR count). The second kappa shape index (κ2) is 11.5. The number of aryl methyl sites for hydroxylation is 1. The summed E-state index contributed by atoms with van der Waals surface area (Å²) >= 11 is 0. The molecule has 0 aliphatic heterocycles. The van der Waals surface area contributed by atoms with Crippen molar-refractivity contribution in [2.45, 2.75) is 40.5 Å². The molecule has 0 fully saturated rings. The fourth-order valence-corrected chi connectivity index (χ4v) is 2.83. The summed E-state index contributed by atoms with van der Waals surface area (Å²) in [5, 5.41) is 0. The van der Waals surface area contributed by atoms with Crippen LogP contribution in [0.3, 0.4) is 0 Å². The zero-order chi connectivity index (χ0) is 21.9. The third kappa shape index (κ3) is 6.58. The molecule has 0 atom stereocenters. The van der Waals surface area contributed by atoms with Crippen molar-refractivity contribution in [2.75, 3.05) is 7.11 Å². The minimum Gasteiger partial charge on any atom is -0.497 e. The van der Waals surface area contributed by atoms with E-state index in [2.05, 4.69) is 80.9 Å². The number of hydrogen-bond acceptors (Lipinski definition) is 1. The fraction of sp³-hybridized carbons (Fsp3) is 0.241. The van der Waals surface area contributed by atoms with E-state index in [1.807, 2.05) is 44.2 Å². The first kappa shape index (κ1) is 22.9. The molecular weight excluding hydrogens is 364 g/mol. The monoisotopic (exact) mass is 394 g/mol. The number of methoxy groups -OCH3 is 1. The van der Waals surface area contributed by atoms with Gasteiger partial charge in [0.05, 0.1) is 7.11 Å². The summed E-state index contributed by atoms with van der Waals surface area (Å²) in [5.41, 5.74) is 6.52. The first-order chi connectivity index (χ1) is 14.5. The van der Waals surface area contributed by atoms with Crippen LogP contribution in [0.25, 0.3) is 0 Å². The molecule has 0 saturated heterocycles. The molecule has 0 saturated carbocycles. The van der Waals surface area contributed by atoms with Gasteiger partial charge in [-0.2, -0.15) is 0 Å². The second-order valence-electron chi connectivity index (χ2n) is 7.05. The van der Waals surface area contributed by atoms with E-state index in [9.17, 15) is 0 Å². The number of ether oxygens (including phenoxy) is 1. The van der Waals surface area contributed by atoms with E-state index < -0.39 is 0 Å². The van der Waals surface area contributed by atoms with Crippen LogP contribution in [0.1, 0.15) is 67.0 Å². The molecule has 0 N–H and O–H groups in total. The lowest BCUT2D eigenvalue weighted by molar-refractivity contribution is 0.415. The summed E-state index contributed by atoms with van der Waals surface area (Å²) in [7, 11) is 1.67. The van der Waals surface area contributed by atoms with E-state index in [1.54, 1.807) is 7.11 Å². The Balaban J connectivity index is 0.00000155. The third-order valence-electron chi connectivity index (χ3n) is 4.51.